The van der Waals surface area contributed by atoms with Gasteiger partial charge in [-0.3, -0.25) is 29.8 Å². The van der Waals surface area contributed by atoms with Crippen molar-refractivity contribution in [2.45, 2.75) is 39.1 Å². The Kier molecular flexibility index (Phi) is 6.20. The zero-order valence-corrected chi connectivity index (χ0v) is 17.2. The second kappa shape index (κ2) is 8.04. The van der Waals surface area contributed by atoms with E-state index in [-0.39, 0.29) is 11.5 Å². The first-order chi connectivity index (χ1) is 14.1. The molecule has 168 valence electrons. The molecule has 0 amide bonds. The summed E-state index contributed by atoms with van der Waals surface area (Å²) in [4.78, 5) is 43.6. The Morgan fingerprint density at radius 3 is 1.48 bits per heavy atom. The fraction of sp³-hybridized carbons (Fsp3) is 0.474. The molecule has 0 aromatic rings. The molecule has 0 heterocycles. The SMILES string of the molecule is CC(=O)OC1=CC(O)([N+](=O)[O-])C=CC1C(C)(C)C1C=CC(O)([N+](=O)[O-])C=C1OC(C)=O. The van der Waals surface area contributed by atoms with Crippen molar-refractivity contribution < 1.29 is 39.1 Å². The van der Waals surface area contributed by atoms with Crippen molar-refractivity contribution in [3.8, 4) is 0 Å². The molecule has 4 atom stereocenters. The van der Waals surface area contributed by atoms with Crippen LogP contribution in [0.15, 0.2) is 48.0 Å². The van der Waals surface area contributed by atoms with Crippen LogP contribution in [0.25, 0.3) is 0 Å². The zero-order valence-electron chi connectivity index (χ0n) is 17.2. The van der Waals surface area contributed by atoms with Gasteiger partial charge in [-0.25, -0.2) is 0 Å². The Labute approximate surface area is 176 Å². The molecule has 0 spiro atoms. The zero-order chi connectivity index (χ0) is 23.8. The molecule has 2 aliphatic carbocycles. The van der Waals surface area contributed by atoms with Crippen molar-refractivity contribution in [1.29, 1.82) is 0 Å². The lowest BCUT2D eigenvalue weighted by molar-refractivity contribution is -0.592. The third kappa shape index (κ3) is 4.70. The first-order valence-electron chi connectivity index (χ1n) is 9.07. The molecule has 31 heavy (non-hydrogen) atoms. The van der Waals surface area contributed by atoms with Gasteiger partial charge in [-0.05, 0) is 5.41 Å². The van der Waals surface area contributed by atoms with Gasteiger partial charge in [0.05, 0.1) is 22.0 Å². The largest absolute Gasteiger partial charge is 0.431 e. The van der Waals surface area contributed by atoms with Gasteiger partial charge in [0.1, 0.15) is 11.5 Å². The molecule has 0 fully saturated rings. The number of aliphatic hydroxyl groups is 2. The molecule has 0 aliphatic heterocycles. The lowest BCUT2D eigenvalue weighted by atomic mass is 9.65. The molecule has 2 N–H and O–H groups in total. The van der Waals surface area contributed by atoms with Gasteiger partial charge in [0.15, 0.2) is 0 Å². The van der Waals surface area contributed by atoms with E-state index in [1.165, 1.54) is 12.2 Å². The average Bonchev–Trinajstić information content (AvgIpc) is 2.60. The fourth-order valence-corrected chi connectivity index (χ4v) is 3.53. The van der Waals surface area contributed by atoms with Crippen molar-refractivity contribution >= 4 is 11.9 Å². The number of carbonyl (C=O) groups is 2. The Morgan fingerprint density at radius 2 is 1.23 bits per heavy atom. The molecule has 0 saturated heterocycles. The Bertz CT molecular complexity index is 873. The van der Waals surface area contributed by atoms with Gasteiger partial charge >= 0.3 is 23.4 Å². The standard InChI is InChI=1S/C19H22N2O10/c1-11(22)30-15-9-18(24,20(26)27)7-5-13(15)17(3,4)14-6-8-19(25,21(28)29)10-16(14)31-12(2)23/h5-10,13-14,24-25H,1-4H3. The van der Waals surface area contributed by atoms with E-state index in [9.17, 15) is 40.0 Å². The summed E-state index contributed by atoms with van der Waals surface area (Å²) >= 11 is 0. The molecule has 0 aromatic carbocycles. The average molecular weight is 438 g/mol. The first kappa shape index (κ1) is 23.9. The number of rotatable bonds is 6. The summed E-state index contributed by atoms with van der Waals surface area (Å²) in [6.07, 6.45) is 5.96. The monoisotopic (exact) mass is 438 g/mol. The van der Waals surface area contributed by atoms with Crippen molar-refractivity contribution in [3.63, 3.8) is 0 Å². The number of allylic oxidation sites excluding steroid dienone is 2. The molecule has 12 nitrogen and oxygen atoms in total. The van der Waals surface area contributed by atoms with Crippen LogP contribution in [0.5, 0.6) is 0 Å². The Balaban J connectivity index is 2.55. The second-order valence-corrected chi connectivity index (χ2v) is 7.86. The molecular weight excluding hydrogens is 416 g/mol. The van der Waals surface area contributed by atoms with Crippen LogP contribution in [0.3, 0.4) is 0 Å². The molecular formula is C19H22N2O10. The maximum Gasteiger partial charge on any atom is 0.365 e. The third-order valence-electron chi connectivity index (χ3n) is 5.10. The quantitative estimate of drug-likeness (QED) is 0.201. The summed E-state index contributed by atoms with van der Waals surface area (Å²) in [5, 5.41) is 42.8. The summed E-state index contributed by atoms with van der Waals surface area (Å²) < 4.78 is 10.2. The summed E-state index contributed by atoms with van der Waals surface area (Å²) in [6.45, 7) is 5.43. The third-order valence-corrected chi connectivity index (χ3v) is 5.10. The summed E-state index contributed by atoms with van der Waals surface area (Å²) in [7, 11) is 0. The maximum absolute atomic E-state index is 11.6. The van der Waals surface area contributed by atoms with Crippen molar-refractivity contribution in [3.05, 3.63) is 68.2 Å². The van der Waals surface area contributed by atoms with E-state index in [0.29, 0.717) is 0 Å². The molecule has 2 aliphatic rings. The summed E-state index contributed by atoms with van der Waals surface area (Å²) in [6, 6.07) is 0. The van der Waals surface area contributed by atoms with E-state index in [4.69, 9.17) is 9.47 Å². The van der Waals surface area contributed by atoms with Crippen LogP contribution in [0.1, 0.15) is 27.7 Å². The van der Waals surface area contributed by atoms with E-state index < -0.39 is 50.5 Å². The van der Waals surface area contributed by atoms with Crippen LogP contribution < -0.4 is 0 Å². The minimum absolute atomic E-state index is 0.218. The van der Waals surface area contributed by atoms with Crippen molar-refractivity contribution in [1.82, 2.24) is 0 Å². The molecule has 0 saturated carbocycles. The molecule has 0 radical (unpaired) electrons. The number of nitro groups is 2. The minimum Gasteiger partial charge on any atom is -0.431 e. The van der Waals surface area contributed by atoms with Crippen LogP contribution in [0, 0.1) is 37.5 Å². The van der Waals surface area contributed by atoms with Gasteiger partial charge in [-0.2, -0.15) is 0 Å². The second-order valence-electron chi connectivity index (χ2n) is 7.86. The highest BCUT2D eigenvalue weighted by Crippen LogP contribution is 2.48. The van der Waals surface area contributed by atoms with Crippen molar-refractivity contribution in [2.75, 3.05) is 0 Å². The van der Waals surface area contributed by atoms with Gasteiger partial charge in [-0.1, -0.05) is 26.0 Å². The first-order valence-corrected chi connectivity index (χ1v) is 9.07. The Morgan fingerprint density at radius 1 is 0.903 bits per heavy atom. The lowest BCUT2D eigenvalue weighted by Gasteiger charge is -2.41. The molecule has 0 aromatic heterocycles. The highest BCUT2D eigenvalue weighted by Gasteiger charge is 2.50. The van der Waals surface area contributed by atoms with Crippen LogP contribution in [0.2, 0.25) is 0 Å². The number of hydrogen-bond donors (Lipinski definition) is 2. The highest BCUT2D eigenvalue weighted by molar-refractivity contribution is 5.68. The number of esters is 2. The van der Waals surface area contributed by atoms with Gasteiger partial charge < -0.3 is 19.7 Å². The van der Waals surface area contributed by atoms with Crippen LogP contribution >= 0.6 is 0 Å². The number of hydrogen-bond acceptors (Lipinski definition) is 10. The molecule has 2 rings (SSSR count). The van der Waals surface area contributed by atoms with Gasteiger partial charge in [0.25, 0.3) is 0 Å². The van der Waals surface area contributed by atoms with E-state index in [2.05, 4.69) is 0 Å². The lowest BCUT2D eigenvalue weighted by Crippen LogP contribution is -2.44. The summed E-state index contributed by atoms with van der Waals surface area (Å²) in [5.41, 5.74) is -6.26. The van der Waals surface area contributed by atoms with Gasteiger partial charge in [0, 0.05) is 37.8 Å². The van der Waals surface area contributed by atoms with E-state index in [0.717, 1.165) is 38.2 Å². The Hall–Kier alpha value is -3.38. The molecule has 0 bridgehead atoms. The fourth-order valence-electron chi connectivity index (χ4n) is 3.53. The normalized spacial score (nSPS) is 30.1. The number of nitrogens with zero attached hydrogens (tertiary/aromatic N) is 2. The topological polar surface area (TPSA) is 179 Å². The minimum atomic E-state index is -2.60. The van der Waals surface area contributed by atoms with Crippen LogP contribution in [0.4, 0.5) is 0 Å². The van der Waals surface area contributed by atoms with E-state index in [1.807, 2.05) is 0 Å². The van der Waals surface area contributed by atoms with E-state index >= 15 is 0 Å². The predicted molar refractivity (Wildman–Crippen MR) is 103 cm³/mol. The van der Waals surface area contributed by atoms with E-state index in [1.54, 1.807) is 13.8 Å². The van der Waals surface area contributed by atoms with Gasteiger partial charge in [0.2, 0.25) is 0 Å². The van der Waals surface area contributed by atoms with Gasteiger partial charge in [-0.15, -0.1) is 0 Å². The molecule has 12 heteroatoms. The maximum atomic E-state index is 11.6. The summed E-state index contributed by atoms with van der Waals surface area (Å²) in [5.74, 6) is -3.72. The van der Waals surface area contributed by atoms with Crippen molar-refractivity contribution in [2.24, 2.45) is 17.3 Å². The van der Waals surface area contributed by atoms with Crippen LogP contribution in [-0.4, -0.2) is 43.4 Å². The highest BCUT2D eigenvalue weighted by atomic mass is 16.7. The molecule has 4 unspecified atom stereocenters. The number of carbonyl (C=O) groups excluding carboxylic acids is 2. The van der Waals surface area contributed by atoms with Crippen LogP contribution in [-0.2, 0) is 19.1 Å². The number of ether oxygens (including phenoxy) is 2. The predicted octanol–water partition coefficient (Wildman–Crippen LogP) is 1.21. The smallest absolute Gasteiger partial charge is 0.365 e.